The predicted molar refractivity (Wildman–Crippen MR) is 84.3 cm³/mol. The van der Waals surface area contributed by atoms with E-state index >= 15 is 0 Å². The first-order valence-electron chi connectivity index (χ1n) is 7.39. The largest absolute Gasteiger partial charge is 0.389 e. The summed E-state index contributed by atoms with van der Waals surface area (Å²) in [7, 11) is 4.10. The Kier molecular flexibility index (Phi) is 4.85. The summed E-state index contributed by atoms with van der Waals surface area (Å²) in [5.41, 5.74) is 1.52. The molecule has 1 aliphatic heterocycles. The first-order valence-corrected chi connectivity index (χ1v) is 7.39. The zero-order chi connectivity index (χ0) is 15.6. The van der Waals surface area contributed by atoms with Gasteiger partial charge in [0.05, 0.1) is 6.10 Å². The van der Waals surface area contributed by atoms with Gasteiger partial charge in [-0.3, -0.25) is 0 Å². The SMILES string of the molecule is CC(O)c1cccc(NC(=O)N2CC(C)C(N(C)C)C2)c1. The smallest absolute Gasteiger partial charge is 0.321 e. The molecular formula is C16H25N3O2. The van der Waals surface area contributed by atoms with Gasteiger partial charge in [-0.15, -0.1) is 0 Å². The van der Waals surface area contributed by atoms with Gasteiger partial charge in [-0.25, -0.2) is 4.79 Å². The molecule has 0 saturated carbocycles. The molecule has 3 atom stereocenters. The number of urea groups is 1. The number of carbonyl (C=O) groups excluding carboxylic acids is 1. The van der Waals surface area contributed by atoms with Crippen molar-refractivity contribution in [3.05, 3.63) is 29.8 Å². The Morgan fingerprint density at radius 3 is 2.71 bits per heavy atom. The number of carbonyl (C=O) groups is 1. The number of amides is 2. The van der Waals surface area contributed by atoms with Crippen molar-refractivity contribution in [2.24, 2.45) is 5.92 Å². The van der Waals surface area contributed by atoms with Crippen LogP contribution in [0.1, 0.15) is 25.5 Å². The maximum atomic E-state index is 12.3. The van der Waals surface area contributed by atoms with E-state index in [0.717, 1.165) is 24.3 Å². The highest BCUT2D eigenvalue weighted by Crippen LogP contribution is 2.22. The lowest BCUT2D eigenvalue weighted by molar-refractivity contribution is 0.199. The highest BCUT2D eigenvalue weighted by Gasteiger charge is 2.33. The lowest BCUT2D eigenvalue weighted by Gasteiger charge is -2.22. The predicted octanol–water partition coefficient (Wildman–Crippen LogP) is 2.15. The summed E-state index contributed by atoms with van der Waals surface area (Å²) >= 11 is 0. The minimum atomic E-state index is -0.535. The monoisotopic (exact) mass is 291 g/mol. The Labute approximate surface area is 126 Å². The quantitative estimate of drug-likeness (QED) is 0.897. The van der Waals surface area contributed by atoms with Gasteiger partial charge in [0.1, 0.15) is 0 Å². The molecule has 0 radical (unpaired) electrons. The highest BCUT2D eigenvalue weighted by molar-refractivity contribution is 5.89. The van der Waals surface area contributed by atoms with Crippen molar-refractivity contribution in [1.29, 1.82) is 0 Å². The molecule has 0 aliphatic carbocycles. The number of hydrogen-bond donors (Lipinski definition) is 2. The van der Waals surface area contributed by atoms with Crippen LogP contribution in [-0.4, -0.2) is 54.2 Å². The van der Waals surface area contributed by atoms with E-state index in [1.807, 2.05) is 29.2 Å². The van der Waals surface area contributed by atoms with Gasteiger partial charge in [-0.05, 0) is 44.6 Å². The topological polar surface area (TPSA) is 55.8 Å². The molecule has 1 aromatic rings. The zero-order valence-electron chi connectivity index (χ0n) is 13.2. The number of benzene rings is 1. The molecule has 1 fully saturated rings. The van der Waals surface area contributed by atoms with Gasteiger partial charge in [0.25, 0.3) is 0 Å². The number of likely N-dealkylation sites (tertiary alicyclic amines) is 1. The van der Waals surface area contributed by atoms with Crippen molar-refractivity contribution < 1.29 is 9.90 Å². The summed E-state index contributed by atoms with van der Waals surface area (Å²) < 4.78 is 0. The summed E-state index contributed by atoms with van der Waals surface area (Å²) in [6.45, 7) is 5.40. The Morgan fingerprint density at radius 2 is 2.14 bits per heavy atom. The molecule has 1 saturated heterocycles. The maximum absolute atomic E-state index is 12.3. The van der Waals surface area contributed by atoms with Crippen molar-refractivity contribution in [3.8, 4) is 0 Å². The van der Waals surface area contributed by atoms with Gasteiger partial charge in [-0.2, -0.15) is 0 Å². The molecule has 2 N–H and O–H groups in total. The molecule has 21 heavy (non-hydrogen) atoms. The van der Waals surface area contributed by atoms with E-state index in [1.54, 1.807) is 6.92 Å². The molecule has 0 bridgehead atoms. The fourth-order valence-corrected chi connectivity index (χ4v) is 2.87. The van der Waals surface area contributed by atoms with E-state index in [1.165, 1.54) is 0 Å². The van der Waals surface area contributed by atoms with E-state index in [9.17, 15) is 9.90 Å². The Hall–Kier alpha value is -1.59. The van der Waals surface area contributed by atoms with Gasteiger partial charge in [0, 0.05) is 24.8 Å². The van der Waals surface area contributed by atoms with E-state index < -0.39 is 6.10 Å². The second kappa shape index (κ2) is 6.45. The second-order valence-electron chi connectivity index (χ2n) is 6.14. The van der Waals surface area contributed by atoms with Crippen LogP contribution < -0.4 is 5.32 Å². The average Bonchev–Trinajstić information content (AvgIpc) is 2.81. The van der Waals surface area contributed by atoms with Crippen LogP contribution in [0, 0.1) is 5.92 Å². The normalized spacial score (nSPS) is 23.4. The molecule has 1 aliphatic rings. The van der Waals surface area contributed by atoms with Gasteiger partial charge in [0.2, 0.25) is 0 Å². The summed E-state index contributed by atoms with van der Waals surface area (Å²) in [6, 6.07) is 7.67. The summed E-state index contributed by atoms with van der Waals surface area (Å²) in [4.78, 5) is 16.4. The molecule has 3 unspecified atom stereocenters. The fraction of sp³-hybridized carbons (Fsp3) is 0.562. The third-order valence-corrected chi connectivity index (χ3v) is 4.14. The van der Waals surface area contributed by atoms with E-state index in [2.05, 4.69) is 31.2 Å². The summed E-state index contributed by atoms with van der Waals surface area (Å²) in [5, 5.41) is 12.5. The molecule has 5 nitrogen and oxygen atoms in total. The summed E-state index contributed by atoms with van der Waals surface area (Å²) in [6.07, 6.45) is -0.535. The van der Waals surface area contributed by atoms with Crippen molar-refractivity contribution in [2.75, 3.05) is 32.5 Å². The number of nitrogens with zero attached hydrogens (tertiary/aromatic N) is 2. The van der Waals surface area contributed by atoms with Crippen molar-refractivity contribution in [2.45, 2.75) is 26.0 Å². The number of likely N-dealkylation sites (N-methyl/N-ethyl adjacent to an activating group) is 1. The molecule has 116 valence electrons. The van der Waals surface area contributed by atoms with Crippen LogP contribution in [0.3, 0.4) is 0 Å². The van der Waals surface area contributed by atoms with Crippen LogP contribution in [0.25, 0.3) is 0 Å². The van der Waals surface area contributed by atoms with Crippen molar-refractivity contribution >= 4 is 11.7 Å². The van der Waals surface area contributed by atoms with Crippen LogP contribution in [-0.2, 0) is 0 Å². The number of aliphatic hydroxyl groups excluding tert-OH is 1. The van der Waals surface area contributed by atoms with Crippen LogP contribution in [0.4, 0.5) is 10.5 Å². The van der Waals surface area contributed by atoms with E-state index in [4.69, 9.17) is 0 Å². The maximum Gasteiger partial charge on any atom is 0.321 e. The van der Waals surface area contributed by atoms with Gasteiger partial charge in [-0.1, -0.05) is 19.1 Å². The molecule has 2 amide bonds. The molecule has 2 rings (SSSR count). The first kappa shape index (κ1) is 15.8. The van der Waals surface area contributed by atoms with Crippen LogP contribution >= 0.6 is 0 Å². The Bertz CT molecular complexity index is 502. The zero-order valence-corrected chi connectivity index (χ0v) is 13.2. The minimum absolute atomic E-state index is 0.0751. The number of nitrogens with one attached hydrogen (secondary N) is 1. The number of anilines is 1. The molecule has 0 aromatic heterocycles. The average molecular weight is 291 g/mol. The standard InChI is InChI=1S/C16H25N3O2/c1-11-9-19(10-15(11)18(3)4)16(21)17-14-7-5-6-13(8-14)12(2)20/h5-8,11-12,15,20H,9-10H2,1-4H3,(H,17,21). The Balaban J connectivity index is 2.01. The van der Waals surface area contributed by atoms with Crippen LogP contribution in [0.5, 0.6) is 0 Å². The second-order valence-corrected chi connectivity index (χ2v) is 6.14. The van der Waals surface area contributed by atoms with E-state index in [0.29, 0.717) is 12.0 Å². The molecule has 5 heteroatoms. The van der Waals surface area contributed by atoms with Gasteiger partial charge >= 0.3 is 6.03 Å². The van der Waals surface area contributed by atoms with Gasteiger partial charge < -0.3 is 20.2 Å². The lowest BCUT2D eigenvalue weighted by Crippen LogP contribution is -2.37. The number of hydrogen-bond acceptors (Lipinski definition) is 3. The molecule has 0 spiro atoms. The molecule has 1 aromatic carbocycles. The van der Waals surface area contributed by atoms with Crippen LogP contribution in [0.2, 0.25) is 0 Å². The van der Waals surface area contributed by atoms with E-state index in [-0.39, 0.29) is 6.03 Å². The fourth-order valence-electron chi connectivity index (χ4n) is 2.87. The lowest BCUT2D eigenvalue weighted by atomic mass is 10.1. The molecular weight excluding hydrogens is 266 g/mol. The highest BCUT2D eigenvalue weighted by atomic mass is 16.3. The Morgan fingerprint density at radius 1 is 1.43 bits per heavy atom. The van der Waals surface area contributed by atoms with Crippen molar-refractivity contribution in [3.63, 3.8) is 0 Å². The van der Waals surface area contributed by atoms with Gasteiger partial charge in [0.15, 0.2) is 0 Å². The first-order chi connectivity index (χ1) is 9.88. The van der Waals surface area contributed by atoms with Crippen LogP contribution in [0.15, 0.2) is 24.3 Å². The minimum Gasteiger partial charge on any atom is -0.389 e. The number of aliphatic hydroxyl groups is 1. The summed E-state index contributed by atoms with van der Waals surface area (Å²) in [5.74, 6) is 0.467. The molecule has 1 heterocycles. The van der Waals surface area contributed by atoms with Crippen molar-refractivity contribution in [1.82, 2.24) is 9.80 Å². The third kappa shape index (κ3) is 3.74. The number of rotatable bonds is 3. The third-order valence-electron chi connectivity index (χ3n) is 4.14.